The summed E-state index contributed by atoms with van der Waals surface area (Å²) in [5, 5.41) is 15.2. The van der Waals surface area contributed by atoms with Gasteiger partial charge in [-0.3, -0.25) is 14.2 Å². The molecule has 1 aromatic heterocycles. The number of ether oxygens (including phenoxy) is 3. The van der Waals surface area contributed by atoms with Gasteiger partial charge in [0.1, 0.15) is 0 Å². The fraction of sp³-hybridized carbons (Fsp3) is 0.312. The van der Waals surface area contributed by atoms with Crippen LogP contribution in [0.25, 0.3) is 5.69 Å². The van der Waals surface area contributed by atoms with Crippen molar-refractivity contribution in [2.75, 3.05) is 30.9 Å². The standard InChI is InChI=1S/C32H37N5O5S/c1-6-40-26-17-23(18-27(41-7-2)30(26)42-8-3)31(39)33-19-28-35-36-32(37(28)24-12-10-9-11-13-24)43-20-29(38)34-25-16-21(4)14-15-22(25)5/h9-18H,6-8,19-20H2,1-5H3,(H,33,39)(H,34,38). The number of carbonyl (C=O) groups is 2. The average molecular weight is 604 g/mol. The molecule has 0 bridgehead atoms. The summed E-state index contributed by atoms with van der Waals surface area (Å²) in [4.78, 5) is 26.1. The van der Waals surface area contributed by atoms with Gasteiger partial charge in [-0.15, -0.1) is 10.2 Å². The van der Waals surface area contributed by atoms with E-state index in [1.807, 2.05) is 87.7 Å². The van der Waals surface area contributed by atoms with Gasteiger partial charge < -0.3 is 24.8 Å². The number of carbonyl (C=O) groups excluding carboxylic acids is 2. The van der Waals surface area contributed by atoms with Crippen LogP contribution in [0.5, 0.6) is 17.2 Å². The molecule has 43 heavy (non-hydrogen) atoms. The van der Waals surface area contributed by atoms with Gasteiger partial charge in [0.2, 0.25) is 11.7 Å². The maximum Gasteiger partial charge on any atom is 0.251 e. The van der Waals surface area contributed by atoms with E-state index < -0.39 is 0 Å². The molecule has 0 saturated heterocycles. The van der Waals surface area contributed by atoms with Crippen LogP contribution in [0.3, 0.4) is 0 Å². The van der Waals surface area contributed by atoms with Crippen molar-refractivity contribution in [3.63, 3.8) is 0 Å². The number of aromatic nitrogens is 3. The fourth-order valence-electron chi connectivity index (χ4n) is 4.31. The number of nitrogens with zero attached hydrogens (tertiary/aromatic N) is 3. The minimum Gasteiger partial charge on any atom is -0.490 e. The molecular formula is C32H37N5O5S. The Morgan fingerprint density at radius 1 is 0.860 bits per heavy atom. The molecule has 0 saturated carbocycles. The van der Waals surface area contributed by atoms with Gasteiger partial charge in [0.25, 0.3) is 5.91 Å². The number of aryl methyl sites for hydroxylation is 2. The maximum atomic E-state index is 13.3. The van der Waals surface area contributed by atoms with Crippen LogP contribution >= 0.6 is 11.8 Å². The molecule has 3 aromatic carbocycles. The van der Waals surface area contributed by atoms with Gasteiger partial charge in [0, 0.05) is 16.9 Å². The van der Waals surface area contributed by atoms with Crippen molar-refractivity contribution < 1.29 is 23.8 Å². The van der Waals surface area contributed by atoms with E-state index in [1.165, 1.54) is 11.8 Å². The van der Waals surface area contributed by atoms with E-state index >= 15 is 0 Å². The van der Waals surface area contributed by atoms with Crippen LogP contribution in [-0.2, 0) is 11.3 Å². The molecule has 2 amide bonds. The second-order valence-corrected chi connectivity index (χ2v) is 10.5. The number of nitrogens with one attached hydrogen (secondary N) is 2. The average Bonchev–Trinajstić information content (AvgIpc) is 3.41. The second-order valence-electron chi connectivity index (χ2n) is 9.51. The molecular weight excluding hydrogens is 566 g/mol. The lowest BCUT2D eigenvalue weighted by molar-refractivity contribution is -0.113. The van der Waals surface area contributed by atoms with E-state index in [1.54, 1.807) is 12.1 Å². The van der Waals surface area contributed by atoms with Gasteiger partial charge in [0.05, 0.1) is 32.1 Å². The minimum absolute atomic E-state index is 0.0944. The zero-order chi connectivity index (χ0) is 30.8. The zero-order valence-corrected chi connectivity index (χ0v) is 25.9. The van der Waals surface area contributed by atoms with Crippen molar-refractivity contribution in [3.8, 4) is 22.9 Å². The Balaban J connectivity index is 1.53. The molecule has 11 heteroatoms. The molecule has 0 aliphatic heterocycles. The van der Waals surface area contributed by atoms with Crippen LogP contribution in [0.4, 0.5) is 5.69 Å². The topological polar surface area (TPSA) is 117 Å². The van der Waals surface area contributed by atoms with Gasteiger partial charge >= 0.3 is 0 Å². The Kier molecular flexibility index (Phi) is 11.0. The first-order chi connectivity index (χ1) is 20.8. The number of thioether (sulfide) groups is 1. The van der Waals surface area contributed by atoms with Gasteiger partial charge in [-0.05, 0) is 76.1 Å². The Morgan fingerprint density at radius 2 is 1.53 bits per heavy atom. The Morgan fingerprint density at radius 3 is 2.19 bits per heavy atom. The number of hydrogen-bond acceptors (Lipinski definition) is 8. The Bertz CT molecular complexity index is 1530. The molecule has 10 nitrogen and oxygen atoms in total. The predicted molar refractivity (Wildman–Crippen MR) is 168 cm³/mol. The third-order valence-electron chi connectivity index (χ3n) is 6.29. The van der Waals surface area contributed by atoms with Crippen LogP contribution in [0.2, 0.25) is 0 Å². The monoisotopic (exact) mass is 603 g/mol. The summed E-state index contributed by atoms with van der Waals surface area (Å²) in [6.07, 6.45) is 0. The summed E-state index contributed by atoms with van der Waals surface area (Å²) >= 11 is 1.27. The molecule has 0 fully saturated rings. The van der Waals surface area contributed by atoms with Crippen molar-refractivity contribution in [3.05, 3.63) is 83.2 Å². The van der Waals surface area contributed by atoms with E-state index in [0.717, 1.165) is 22.5 Å². The molecule has 0 atom stereocenters. The van der Waals surface area contributed by atoms with E-state index in [9.17, 15) is 9.59 Å². The van der Waals surface area contributed by atoms with Crippen LogP contribution < -0.4 is 24.8 Å². The van der Waals surface area contributed by atoms with Crippen LogP contribution in [0.1, 0.15) is 48.1 Å². The Labute approximate surface area is 256 Å². The van der Waals surface area contributed by atoms with E-state index in [0.29, 0.717) is 53.6 Å². The first-order valence-electron chi connectivity index (χ1n) is 14.2. The molecule has 0 unspecified atom stereocenters. The van der Waals surface area contributed by atoms with Gasteiger partial charge in [0.15, 0.2) is 22.5 Å². The molecule has 0 radical (unpaired) electrons. The Hall–Kier alpha value is -4.51. The van der Waals surface area contributed by atoms with Crippen LogP contribution in [-0.4, -0.2) is 52.2 Å². The summed E-state index contributed by atoms with van der Waals surface area (Å²) in [6.45, 7) is 10.9. The predicted octanol–water partition coefficient (Wildman–Crippen LogP) is 5.74. The summed E-state index contributed by atoms with van der Waals surface area (Å²) in [5.74, 6) is 1.50. The number of amides is 2. The number of rotatable bonds is 14. The first kappa shape index (κ1) is 31.4. The lowest BCUT2D eigenvalue weighted by Crippen LogP contribution is -2.25. The number of anilines is 1. The van der Waals surface area contributed by atoms with Gasteiger partial charge in [-0.25, -0.2) is 0 Å². The number of para-hydroxylation sites is 1. The SMILES string of the molecule is CCOc1cc(C(=O)NCc2nnc(SCC(=O)Nc3cc(C)ccc3C)n2-c2ccccc2)cc(OCC)c1OCC. The van der Waals surface area contributed by atoms with Crippen molar-refractivity contribution in [2.24, 2.45) is 0 Å². The summed E-state index contributed by atoms with van der Waals surface area (Å²) in [6, 6.07) is 18.8. The third-order valence-corrected chi connectivity index (χ3v) is 7.22. The van der Waals surface area contributed by atoms with Crippen molar-refractivity contribution in [1.29, 1.82) is 0 Å². The third kappa shape index (κ3) is 8.07. The molecule has 226 valence electrons. The van der Waals surface area contributed by atoms with Crippen molar-refractivity contribution in [1.82, 2.24) is 20.1 Å². The lowest BCUT2D eigenvalue weighted by Gasteiger charge is -2.17. The maximum absolute atomic E-state index is 13.3. The highest BCUT2D eigenvalue weighted by Crippen LogP contribution is 2.39. The second kappa shape index (κ2) is 15.1. The summed E-state index contributed by atoms with van der Waals surface area (Å²) in [5.41, 5.74) is 4.01. The van der Waals surface area contributed by atoms with Crippen LogP contribution in [0, 0.1) is 13.8 Å². The molecule has 0 spiro atoms. The minimum atomic E-state index is -0.338. The van der Waals surface area contributed by atoms with Gasteiger partial charge in [-0.1, -0.05) is 42.1 Å². The normalized spacial score (nSPS) is 10.7. The summed E-state index contributed by atoms with van der Waals surface area (Å²) < 4.78 is 19.1. The van der Waals surface area contributed by atoms with E-state index in [-0.39, 0.29) is 24.1 Å². The number of benzene rings is 3. The summed E-state index contributed by atoms with van der Waals surface area (Å²) in [7, 11) is 0. The fourth-order valence-corrected chi connectivity index (χ4v) is 5.08. The molecule has 0 aliphatic carbocycles. The van der Waals surface area contributed by atoms with Gasteiger partial charge in [-0.2, -0.15) is 0 Å². The van der Waals surface area contributed by atoms with Crippen molar-refractivity contribution >= 4 is 29.3 Å². The molecule has 1 heterocycles. The highest BCUT2D eigenvalue weighted by Gasteiger charge is 2.20. The quantitative estimate of drug-likeness (QED) is 0.175. The number of hydrogen-bond donors (Lipinski definition) is 2. The van der Waals surface area contributed by atoms with E-state index in [2.05, 4.69) is 20.8 Å². The zero-order valence-electron chi connectivity index (χ0n) is 25.1. The molecule has 2 N–H and O–H groups in total. The molecule has 4 aromatic rings. The van der Waals surface area contributed by atoms with E-state index in [4.69, 9.17) is 14.2 Å². The largest absolute Gasteiger partial charge is 0.490 e. The van der Waals surface area contributed by atoms with Crippen molar-refractivity contribution in [2.45, 2.75) is 46.3 Å². The smallest absolute Gasteiger partial charge is 0.251 e. The highest BCUT2D eigenvalue weighted by molar-refractivity contribution is 7.99. The molecule has 4 rings (SSSR count). The van der Waals surface area contributed by atoms with Crippen LogP contribution in [0.15, 0.2) is 65.8 Å². The molecule has 0 aliphatic rings. The first-order valence-corrected chi connectivity index (χ1v) is 15.2. The lowest BCUT2D eigenvalue weighted by atomic mass is 10.1. The highest BCUT2D eigenvalue weighted by atomic mass is 32.2.